The van der Waals surface area contributed by atoms with E-state index in [0.717, 1.165) is 25.6 Å². The van der Waals surface area contributed by atoms with Crippen molar-refractivity contribution in [3.8, 4) is 0 Å². The van der Waals surface area contributed by atoms with E-state index in [0.29, 0.717) is 5.41 Å². The number of piperidine rings is 1. The van der Waals surface area contributed by atoms with E-state index >= 15 is 0 Å². The normalized spacial score (nSPS) is 19.3. The van der Waals surface area contributed by atoms with E-state index in [2.05, 4.69) is 31.0 Å². The van der Waals surface area contributed by atoms with Crippen LogP contribution in [-0.4, -0.2) is 51.3 Å². The van der Waals surface area contributed by atoms with E-state index in [4.69, 9.17) is 4.74 Å². The van der Waals surface area contributed by atoms with Crippen LogP contribution >= 0.6 is 0 Å². The van der Waals surface area contributed by atoms with Crippen LogP contribution in [0.15, 0.2) is 0 Å². The maximum Gasteiger partial charge on any atom is 0.0587 e. The van der Waals surface area contributed by atoms with Crippen LogP contribution in [0.3, 0.4) is 0 Å². The van der Waals surface area contributed by atoms with Crippen molar-refractivity contribution in [2.75, 3.05) is 46.4 Å². The molecule has 0 aromatic rings. The van der Waals surface area contributed by atoms with E-state index in [1.807, 2.05) is 0 Å². The molecule has 0 saturated carbocycles. The lowest BCUT2D eigenvalue weighted by Gasteiger charge is -2.38. The van der Waals surface area contributed by atoms with E-state index in [1.54, 1.807) is 7.11 Å². The van der Waals surface area contributed by atoms with Crippen molar-refractivity contribution in [2.45, 2.75) is 40.0 Å². The highest BCUT2D eigenvalue weighted by Crippen LogP contribution is 2.34. The number of hydrogen-bond donors (Lipinski definition) is 1. The predicted octanol–water partition coefficient (Wildman–Crippen LogP) is 2.37. The Kier molecular flexibility index (Phi) is 7.20. The number of ether oxygens (including phenoxy) is 1. The van der Waals surface area contributed by atoms with Crippen LogP contribution < -0.4 is 5.32 Å². The van der Waals surface area contributed by atoms with Crippen molar-refractivity contribution in [1.82, 2.24) is 10.2 Å². The second-order valence-corrected chi connectivity index (χ2v) is 6.58. The Balaban J connectivity index is 2.02. The van der Waals surface area contributed by atoms with Gasteiger partial charge < -0.3 is 15.0 Å². The summed E-state index contributed by atoms with van der Waals surface area (Å²) in [7, 11) is 1.75. The Hall–Kier alpha value is -0.120. The summed E-state index contributed by atoms with van der Waals surface area (Å²) >= 11 is 0. The Bertz CT molecular complexity index is 205. The Morgan fingerprint density at radius 1 is 1.17 bits per heavy atom. The quantitative estimate of drug-likeness (QED) is 0.708. The molecule has 0 aromatic heterocycles. The minimum atomic E-state index is 0.494. The third kappa shape index (κ3) is 6.17. The number of nitrogens with one attached hydrogen (secondary N) is 1. The lowest BCUT2D eigenvalue weighted by molar-refractivity contribution is 0.111. The molecule has 3 nitrogen and oxygen atoms in total. The van der Waals surface area contributed by atoms with Crippen LogP contribution in [0.4, 0.5) is 0 Å². The fourth-order valence-electron chi connectivity index (χ4n) is 2.75. The first-order valence-corrected chi connectivity index (χ1v) is 7.46. The zero-order valence-corrected chi connectivity index (χ0v) is 12.8. The summed E-state index contributed by atoms with van der Waals surface area (Å²) in [5, 5.41) is 3.41. The molecule has 1 fully saturated rings. The molecule has 1 heterocycles. The highest BCUT2D eigenvalue weighted by atomic mass is 16.5. The second kappa shape index (κ2) is 8.13. The predicted molar refractivity (Wildman–Crippen MR) is 78.0 cm³/mol. The number of methoxy groups -OCH3 is 1. The highest BCUT2D eigenvalue weighted by Gasteiger charge is 2.28. The molecule has 0 atom stereocenters. The Labute approximate surface area is 113 Å². The summed E-state index contributed by atoms with van der Waals surface area (Å²) in [5.41, 5.74) is 0.494. The molecule has 0 unspecified atom stereocenters. The molecule has 1 rings (SSSR count). The molecule has 18 heavy (non-hydrogen) atoms. The molecule has 1 saturated heterocycles. The lowest BCUT2D eigenvalue weighted by atomic mass is 9.75. The van der Waals surface area contributed by atoms with Gasteiger partial charge in [0.2, 0.25) is 0 Å². The average molecular weight is 256 g/mol. The molecule has 0 spiro atoms. The molecule has 1 N–H and O–H groups in total. The van der Waals surface area contributed by atoms with Gasteiger partial charge >= 0.3 is 0 Å². The van der Waals surface area contributed by atoms with Crippen molar-refractivity contribution in [3.05, 3.63) is 0 Å². The summed E-state index contributed by atoms with van der Waals surface area (Å²) in [6.45, 7) is 13.9. The first-order valence-electron chi connectivity index (χ1n) is 7.46. The SMILES string of the molecule is COCCNCCCN1CCC(C(C)(C)C)CC1. The zero-order valence-electron chi connectivity index (χ0n) is 12.8. The molecular formula is C15H32N2O. The summed E-state index contributed by atoms with van der Waals surface area (Å²) in [4.78, 5) is 2.63. The fraction of sp³-hybridized carbons (Fsp3) is 1.00. The first kappa shape index (κ1) is 15.9. The van der Waals surface area contributed by atoms with Crippen molar-refractivity contribution >= 4 is 0 Å². The number of rotatable bonds is 7. The standard InChI is InChI=1S/C15H32N2O/c1-15(2,3)14-6-11-17(12-7-14)10-5-8-16-9-13-18-4/h14,16H,5-13H2,1-4H3. The molecule has 0 aromatic carbocycles. The fourth-order valence-corrected chi connectivity index (χ4v) is 2.75. The molecule has 0 amide bonds. The number of likely N-dealkylation sites (tertiary alicyclic amines) is 1. The number of hydrogen-bond acceptors (Lipinski definition) is 3. The van der Waals surface area contributed by atoms with Crippen LogP contribution in [0.2, 0.25) is 0 Å². The van der Waals surface area contributed by atoms with Crippen LogP contribution in [0.25, 0.3) is 0 Å². The second-order valence-electron chi connectivity index (χ2n) is 6.58. The van der Waals surface area contributed by atoms with Crippen molar-refractivity contribution in [2.24, 2.45) is 11.3 Å². The van der Waals surface area contributed by atoms with E-state index in [1.165, 1.54) is 38.9 Å². The molecule has 0 bridgehead atoms. The molecule has 1 aliphatic heterocycles. The Morgan fingerprint density at radius 3 is 2.39 bits per heavy atom. The first-order chi connectivity index (χ1) is 8.54. The lowest BCUT2D eigenvalue weighted by Crippen LogP contribution is -2.39. The summed E-state index contributed by atoms with van der Waals surface area (Å²) in [5.74, 6) is 0.911. The molecular weight excluding hydrogens is 224 g/mol. The monoisotopic (exact) mass is 256 g/mol. The van der Waals surface area contributed by atoms with Gasteiger partial charge in [0.05, 0.1) is 6.61 Å². The van der Waals surface area contributed by atoms with Crippen molar-refractivity contribution < 1.29 is 4.74 Å². The van der Waals surface area contributed by atoms with Gasteiger partial charge in [-0.3, -0.25) is 0 Å². The molecule has 1 aliphatic rings. The van der Waals surface area contributed by atoms with Gasteiger partial charge in [-0.2, -0.15) is 0 Å². The van der Waals surface area contributed by atoms with Gasteiger partial charge in [-0.05, 0) is 56.8 Å². The largest absolute Gasteiger partial charge is 0.383 e. The van der Waals surface area contributed by atoms with E-state index in [9.17, 15) is 0 Å². The summed E-state index contributed by atoms with van der Waals surface area (Å²) in [6, 6.07) is 0. The molecule has 0 radical (unpaired) electrons. The topological polar surface area (TPSA) is 24.5 Å². The summed E-state index contributed by atoms with van der Waals surface area (Å²) in [6.07, 6.45) is 4.01. The van der Waals surface area contributed by atoms with Crippen LogP contribution in [0.1, 0.15) is 40.0 Å². The third-order valence-electron chi connectivity index (χ3n) is 4.12. The minimum Gasteiger partial charge on any atom is -0.383 e. The van der Waals surface area contributed by atoms with Gasteiger partial charge in [0.25, 0.3) is 0 Å². The van der Waals surface area contributed by atoms with Gasteiger partial charge in [-0.1, -0.05) is 20.8 Å². The maximum absolute atomic E-state index is 5.01. The summed E-state index contributed by atoms with van der Waals surface area (Å²) < 4.78 is 5.01. The molecule has 0 aliphatic carbocycles. The van der Waals surface area contributed by atoms with Gasteiger partial charge in [-0.15, -0.1) is 0 Å². The average Bonchev–Trinajstić information content (AvgIpc) is 2.33. The highest BCUT2D eigenvalue weighted by molar-refractivity contribution is 4.80. The third-order valence-corrected chi connectivity index (χ3v) is 4.12. The van der Waals surface area contributed by atoms with Gasteiger partial charge in [0, 0.05) is 13.7 Å². The van der Waals surface area contributed by atoms with Crippen molar-refractivity contribution in [1.29, 1.82) is 0 Å². The van der Waals surface area contributed by atoms with E-state index in [-0.39, 0.29) is 0 Å². The maximum atomic E-state index is 5.01. The minimum absolute atomic E-state index is 0.494. The number of nitrogens with zero attached hydrogens (tertiary/aromatic N) is 1. The van der Waals surface area contributed by atoms with Crippen LogP contribution in [0.5, 0.6) is 0 Å². The zero-order chi connectivity index (χ0) is 13.4. The van der Waals surface area contributed by atoms with Crippen LogP contribution in [-0.2, 0) is 4.74 Å². The van der Waals surface area contributed by atoms with Gasteiger partial charge in [-0.25, -0.2) is 0 Å². The van der Waals surface area contributed by atoms with Gasteiger partial charge in [0.15, 0.2) is 0 Å². The van der Waals surface area contributed by atoms with Crippen molar-refractivity contribution in [3.63, 3.8) is 0 Å². The molecule has 3 heteroatoms. The molecule has 108 valence electrons. The van der Waals surface area contributed by atoms with E-state index < -0.39 is 0 Å². The Morgan fingerprint density at radius 2 is 1.83 bits per heavy atom. The van der Waals surface area contributed by atoms with Gasteiger partial charge in [0.1, 0.15) is 0 Å². The van der Waals surface area contributed by atoms with Crippen LogP contribution in [0, 0.1) is 11.3 Å². The smallest absolute Gasteiger partial charge is 0.0587 e.